The standard InChI is InChI=1S/C32H38N2/c1-7-9-11-13-29(21-15-27-17-23-31(24-18-27)33(3)4)30(14-12-10-8-2)22-16-28-19-25-32(26-20-28)34(5)6/h11-14,17-20,23-26H,7-10H2,1-6H3/b13-11+,14-12+,30-29+. The lowest BCUT2D eigenvalue weighted by atomic mass is 10.0. The molecule has 0 saturated carbocycles. The molecule has 0 amide bonds. The van der Waals surface area contributed by atoms with Crippen molar-refractivity contribution in [1.82, 2.24) is 0 Å². The maximum Gasteiger partial charge on any atom is 0.0402 e. The number of rotatable bonds is 8. The molecule has 0 aliphatic rings. The van der Waals surface area contributed by atoms with E-state index in [-0.39, 0.29) is 0 Å². The van der Waals surface area contributed by atoms with Crippen molar-refractivity contribution in [2.75, 3.05) is 38.0 Å². The number of hydrogen-bond donors (Lipinski definition) is 0. The lowest BCUT2D eigenvalue weighted by Crippen LogP contribution is -2.07. The second-order valence-electron chi connectivity index (χ2n) is 8.59. The van der Waals surface area contributed by atoms with Crippen LogP contribution in [0.1, 0.15) is 50.7 Å². The van der Waals surface area contributed by atoms with Crippen molar-refractivity contribution in [1.29, 1.82) is 0 Å². The molecule has 2 nitrogen and oxygen atoms in total. The van der Waals surface area contributed by atoms with E-state index in [2.05, 4.69) is 120 Å². The van der Waals surface area contributed by atoms with Gasteiger partial charge in [-0.1, -0.05) is 62.5 Å². The Morgan fingerprint density at radius 3 is 1.26 bits per heavy atom. The Kier molecular flexibility index (Phi) is 11.4. The van der Waals surface area contributed by atoms with Gasteiger partial charge in [0, 0.05) is 61.8 Å². The first-order valence-corrected chi connectivity index (χ1v) is 12.1. The van der Waals surface area contributed by atoms with E-state index in [1.807, 2.05) is 28.2 Å². The normalized spacial score (nSPS) is 11.5. The van der Waals surface area contributed by atoms with Crippen LogP contribution in [0.15, 0.2) is 84.0 Å². The molecule has 2 rings (SSSR count). The molecule has 34 heavy (non-hydrogen) atoms. The van der Waals surface area contributed by atoms with E-state index >= 15 is 0 Å². The van der Waals surface area contributed by atoms with Crippen LogP contribution in [-0.4, -0.2) is 28.2 Å². The van der Waals surface area contributed by atoms with Gasteiger partial charge in [0.2, 0.25) is 0 Å². The van der Waals surface area contributed by atoms with E-state index in [0.717, 1.165) is 48.0 Å². The third kappa shape index (κ3) is 9.09. The Bertz CT molecular complexity index is 1010. The van der Waals surface area contributed by atoms with Gasteiger partial charge in [-0.2, -0.15) is 0 Å². The van der Waals surface area contributed by atoms with E-state index in [1.54, 1.807) is 0 Å². The summed E-state index contributed by atoms with van der Waals surface area (Å²) in [4.78, 5) is 4.18. The van der Waals surface area contributed by atoms with E-state index in [9.17, 15) is 0 Å². The molecule has 0 aliphatic carbocycles. The number of unbranched alkanes of at least 4 members (excludes halogenated alkanes) is 2. The zero-order valence-corrected chi connectivity index (χ0v) is 21.7. The zero-order chi connectivity index (χ0) is 24.8. The monoisotopic (exact) mass is 450 g/mol. The Hall–Kier alpha value is -3.62. The summed E-state index contributed by atoms with van der Waals surface area (Å²) < 4.78 is 0. The highest BCUT2D eigenvalue weighted by molar-refractivity contribution is 5.59. The predicted octanol–water partition coefficient (Wildman–Crippen LogP) is 7.23. The van der Waals surface area contributed by atoms with E-state index < -0.39 is 0 Å². The van der Waals surface area contributed by atoms with Crippen LogP contribution in [0.4, 0.5) is 11.4 Å². The van der Waals surface area contributed by atoms with Crippen molar-refractivity contribution >= 4 is 11.4 Å². The molecule has 0 unspecified atom stereocenters. The largest absolute Gasteiger partial charge is 0.378 e. The van der Waals surface area contributed by atoms with Gasteiger partial charge in [-0.25, -0.2) is 0 Å². The van der Waals surface area contributed by atoms with Crippen LogP contribution in [0.3, 0.4) is 0 Å². The van der Waals surface area contributed by atoms with Gasteiger partial charge in [-0.05, 0) is 73.5 Å². The van der Waals surface area contributed by atoms with Gasteiger partial charge in [0.25, 0.3) is 0 Å². The van der Waals surface area contributed by atoms with Crippen molar-refractivity contribution < 1.29 is 0 Å². The second kappa shape index (κ2) is 14.5. The van der Waals surface area contributed by atoms with Gasteiger partial charge in [-0.15, -0.1) is 0 Å². The summed E-state index contributed by atoms with van der Waals surface area (Å²) >= 11 is 0. The van der Waals surface area contributed by atoms with Crippen molar-refractivity contribution in [3.63, 3.8) is 0 Å². The van der Waals surface area contributed by atoms with Crippen molar-refractivity contribution in [3.8, 4) is 23.7 Å². The Balaban J connectivity index is 2.49. The highest BCUT2D eigenvalue weighted by atomic mass is 15.1. The molecule has 0 atom stereocenters. The molecule has 0 spiro atoms. The first kappa shape index (κ1) is 26.6. The highest BCUT2D eigenvalue weighted by Gasteiger charge is 1.99. The SMILES string of the molecule is CCC/C=C/C(C#Cc1ccc(N(C)C)cc1)=C(C#Cc1ccc(N(C)C)cc1)/C=C/CCC. The average Bonchev–Trinajstić information content (AvgIpc) is 2.84. The van der Waals surface area contributed by atoms with Crippen LogP contribution in [0.2, 0.25) is 0 Å². The van der Waals surface area contributed by atoms with Crippen LogP contribution >= 0.6 is 0 Å². The molecule has 0 fully saturated rings. The number of benzene rings is 2. The lowest BCUT2D eigenvalue weighted by molar-refractivity contribution is 0.957. The quantitative estimate of drug-likeness (QED) is 0.309. The van der Waals surface area contributed by atoms with Crippen molar-refractivity contribution in [3.05, 3.63) is 95.1 Å². The first-order chi connectivity index (χ1) is 16.4. The summed E-state index contributed by atoms with van der Waals surface area (Å²) in [5, 5.41) is 0. The molecule has 176 valence electrons. The molecule has 0 radical (unpaired) electrons. The smallest absolute Gasteiger partial charge is 0.0402 e. The van der Waals surface area contributed by atoms with Gasteiger partial charge in [0.1, 0.15) is 0 Å². The molecule has 0 aliphatic heterocycles. The first-order valence-electron chi connectivity index (χ1n) is 12.1. The molecule has 2 heteroatoms. The average molecular weight is 451 g/mol. The minimum absolute atomic E-state index is 0.954. The second-order valence-corrected chi connectivity index (χ2v) is 8.59. The molecule has 2 aromatic rings. The van der Waals surface area contributed by atoms with Gasteiger partial charge in [-0.3, -0.25) is 0 Å². The van der Waals surface area contributed by atoms with Crippen LogP contribution in [-0.2, 0) is 0 Å². The maximum atomic E-state index is 3.40. The molecule has 0 saturated heterocycles. The zero-order valence-electron chi connectivity index (χ0n) is 21.7. The number of allylic oxidation sites excluding steroid dienone is 6. The highest BCUT2D eigenvalue weighted by Crippen LogP contribution is 2.15. The summed E-state index contributed by atoms with van der Waals surface area (Å²) in [6.07, 6.45) is 12.9. The number of anilines is 2. The van der Waals surface area contributed by atoms with Gasteiger partial charge in [0.15, 0.2) is 0 Å². The third-order valence-corrected chi connectivity index (χ3v) is 5.22. The van der Waals surface area contributed by atoms with E-state index in [4.69, 9.17) is 0 Å². The summed E-state index contributed by atoms with van der Waals surface area (Å²) in [6, 6.07) is 16.7. The van der Waals surface area contributed by atoms with Crippen molar-refractivity contribution in [2.45, 2.75) is 39.5 Å². The Morgan fingerprint density at radius 1 is 0.618 bits per heavy atom. The summed E-state index contributed by atoms with van der Waals surface area (Å²) in [7, 11) is 8.17. The molecule has 2 aromatic carbocycles. The Labute approximate surface area is 207 Å². The van der Waals surface area contributed by atoms with Crippen LogP contribution < -0.4 is 9.80 Å². The molecule has 0 heterocycles. The summed E-state index contributed by atoms with van der Waals surface area (Å²) in [5.41, 5.74) is 6.23. The maximum absolute atomic E-state index is 3.40. The van der Waals surface area contributed by atoms with Crippen LogP contribution in [0, 0.1) is 23.7 Å². The summed E-state index contributed by atoms with van der Waals surface area (Å²) in [6.45, 7) is 4.37. The fraction of sp³-hybridized carbons (Fsp3) is 0.312. The number of hydrogen-bond acceptors (Lipinski definition) is 2. The molecular weight excluding hydrogens is 412 g/mol. The molecule has 0 bridgehead atoms. The van der Waals surface area contributed by atoms with Crippen LogP contribution in [0.5, 0.6) is 0 Å². The molecule has 0 aromatic heterocycles. The van der Waals surface area contributed by atoms with Gasteiger partial charge >= 0.3 is 0 Å². The minimum atomic E-state index is 0.954. The lowest BCUT2D eigenvalue weighted by Gasteiger charge is -2.11. The fourth-order valence-corrected chi connectivity index (χ4v) is 3.10. The van der Waals surface area contributed by atoms with Crippen LogP contribution in [0.25, 0.3) is 0 Å². The summed E-state index contributed by atoms with van der Waals surface area (Å²) in [5.74, 6) is 13.5. The topological polar surface area (TPSA) is 6.48 Å². The molecular formula is C32H38N2. The Morgan fingerprint density at radius 2 is 0.971 bits per heavy atom. The third-order valence-electron chi connectivity index (χ3n) is 5.22. The fourth-order valence-electron chi connectivity index (χ4n) is 3.10. The van der Waals surface area contributed by atoms with Gasteiger partial charge in [0.05, 0.1) is 0 Å². The van der Waals surface area contributed by atoms with E-state index in [1.165, 1.54) is 11.4 Å². The predicted molar refractivity (Wildman–Crippen MR) is 150 cm³/mol. The van der Waals surface area contributed by atoms with E-state index in [0.29, 0.717) is 0 Å². The van der Waals surface area contributed by atoms with Gasteiger partial charge < -0.3 is 9.80 Å². The van der Waals surface area contributed by atoms with Crippen molar-refractivity contribution in [2.24, 2.45) is 0 Å². The minimum Gasteiger partial charge on any atom is -0.378 e. The number of nitrogens with zero attached hydrogens (tertiary/aromatic N) is 2. The molecule has 0 N–H and O–H groups in total.